The molecule has 3 heterocycles. The molecule has 1 aliphatic rings. The minimum atomic E-state index is 0.633. The Morgan fingerprint density at radius 2 is 2.04 bits per heavy atom. The van der Waals surface area contributed by atoms with E-state index in [1.165, 1.54) is 0 Å². The van der Waals surface area contributed by atoms with Crippen LogP contribution in [-0.2, 0) is 4.74 Å². The van der Waals surface area contributed by atoms with Crippen LogP contribution in [0.3, 0.4) is 0 Å². The normalized spacial score (nSPS) is 15.8. The first-order chi connectivity index (χ1) is 11.4. The zero-order valence-electron chi connectivity index (χ0n) is 12.9. The van der Waals surface area contributed by atoms with Crippen molar-refractivity contribution in [2.24, 2.45) is 5.92 Å². The topological polar surface area (TPSA) is 64.9 Å². The van der Waals surface area contributed by atoms with Gasteiger partial charge in [0.15, 0.2) is 0 Å². The number of nitrogens with zero attached hydrogens (tertiary/aromatic N) is 4. The third-order valence-electron chi connectivity index (χ3n) is 4.23. The summed E-state index contributed by atoms with van der Waals surface area (Å²) in [5, 5.41) is 4.56. The molecule has 0 spiro atoms. The van der Waals surface area contributed by atoms with E-state index >= 15 is 0 Å². The molecule has 0 amide bonds. The highest BCUT2D eigenvalue weighted by molar-refractivity contribution is 5.89. The molecule has 3 aromatic rings. The van der Waals surface area contributed by atoms with Gasteiger partial charge in [-0.15, -0.1) is 0 Å². The van der Waals surface area contributed by atoms with Crippen molar-refractivity contribution in [3.05, 3.63) is 43.0 Å². The van der Waals surface area contributed by atoms with E-state index in [1.807, 2.05) is 29.0 Å². The largest absolute Gasteiger partial charge is 0.381 e. The number of ether oxygens (including phenoxy) is 1. The Labute approximate surface area is 134 Å². The lowest BCUT2D eigenvalue weighted by atomic mass is 10.0. The van der Waals surface area contributed by atoms with Gasteiger partial charge in [-0.3, -0.25) is 4.57 Å². The van der Waals surface area contributed by atoms with Crippen LogP contribution in [0.4, 0.5) is 5.82 Å². The van der Waals surface area contributed by atoms with E-state index in [0.717, 1.165) is 49.3 Å². The number of benzene rings is 1. The number of hydrogen-bond acceptors (Lipinski definition) is 5. The van der Waals surface area contributed by atoms with E-state index < -0.39 is 0 Å². The molecule has 1 aromatic carbocycles. The second-order valence-corrected chi connectivity index (χ2v) is 5.80. The van der Waals surface area contributed by atoms with Crippen LogP contribution in [0.2, 0.25) is 0 Å². The highest BCUT2D eigenvalue weighted by atomic mass is 16.5. The Morgan fingerprint density at radius 3 is 2.87 bits per heavy atom. The van der Waals surface area contributed by atoms with Gasteiger partial charge in [0.1, 0.15) is 12.1 Å². The van der Waals surface area contributed by atoms with Crippen LogP contribution >= 0.6 is 0 Å². The molecule has 1 saturated heterocycles. The van der Waals surface area contributed by atoms with E-state index in [0.29, 0.717) is 11.9 Å². The summed E-state index contributed by atoms with van der Waals surface area (Å²) in [5.74, 6) is 2.15. The Balaban J connectivity index is 1.66. The SMILES string of the molecule is c1ccc2c(NCC3CCOCC3)nc(-n3ccnc3)nc2c1. The van der Waals surface area contributed by atoms with E-state index in [1.54, 1.807) is 12.5 Å². The molecule has 0 unspecified atom stereocenters. The summed E-state index contributed by atoms with van der Waals surface area (Å²) in [7, 11) is 0. The molecule has 118 valence electrons. The maximum absolute atomic E-state index is 5.43. The molecule has 0 atom stereocenters. The number of hydrogen-bond donors (Lipinski definition) is 1. The number of fused-ring (bicyclic) bond motifs is 1. The maximum atomic E-state index is 5.43. The second-order valence-electron chi connectivity index (χ2n) is 5.80. The first-order valence-corrected chi connectivity index (χ1v) is 7.97. The van der Waals surface area contributed by atoms with Crippen LogP contribution in [0.1, 0.15) is 12.8 Å². The number of rotatable bonds is 4. The van der Waals surface area contributed by atoms with Gasteiger partial charge in [-0.1, -0.05) is 12.1 Å². The number of nitrogens with one attached hydrogen (secondary N) is 1. The minimum absolute atomic E-state index is 0.633. The third kappa shape index (κ3) is 3.03. The maximum Gasteiger partial charge on any atom is 0.237 e. The fraction of sp³-hybridized carbons (Fsp3) is 0.353. The van der Waals surface area contributed by atoms with Crippen LogP contribution in [0.5, 0.6) is 0 Å². The average Bonchev–Trinajstić information content (AvgIpc) is 3.15. The highest BCUT2D eigenvalue weighted by Crippen LogP contribution is 2.23. The van der Waals surface area contributed by atoms with Crippen LogP contribution < -0.4 is 5.32 Å². The molecular weight excluding hydrogens is 290 g/mol. The molecule has 2 aromatic heterocycles. The van der Waals surface area contributed by atoms with Crippen molar-refractivity contribution in [1.29, 1.82) is 0 Å². The van der Waals surface area contributed by atoms with Crippen LogP contribution in [0.15, 0.2) is 43.0 Å². The van der Waals surface area contributed by atoms with Gasteiger partial charge in [0.25, 0.3) is 0 Å². The van der Waals surface area contributed by atoms with Crippen molar-refractivity contribution in [1.82, 2.24) is 19.5 Å². The first-order valence-electron chi connectivity index (χ1n) is 7.97. The molecule has 0 aliphatic carbocycles. The summed E-state index contributed by atoms with van der Waals surface area (Å²) in [6.45, 7) is 2.63. The lowest BCUT2D eigenvalue weighted by molar-refractivity contribution is 0.0699. The van der Waals surface area contributed by atoms with Gasteiger partial charge in [0.05, 0.1) is 5.52 Å². The van der Waals surface area contributed by atoms with Gasteiger partial charge in [0, 0.05) is 37.5 Å². The van der Waals surface area contributed by atoms with Crippen molar-refractivity contribution < 1.29 is 4.74 Å². The standard InChI is InChI=1S/C17H19N5O/c1-2-4-15-14(3-1)16(19-11-13-5-9-23-10-6-13)21-17(20-15)22-8-7-18-12-22/h1-4,7-8,12-13H,5-6,9-11H2,(H,19,20,21). The molecule has 23 heavy (non-hydrogen) atoms. The number of para-hydroxylation sites is 1. The molecule has 6 nitrogen and oxygen atoms in total. The fourth-order valence-corrected chi connectivity index (χ4v) is 2.88. The van der Waals surface area contributed by atoms with Gasteiger partial charge in [-0.25, -0.2) is 9.97 Å². The van der Waals surface area contributed by atoms with E-state index in [2.05, 4.69) is 21.4 Å². The van der Waals surface area contributed by atoms with Gasteiger partial charge in [-0.05, 0) is 30.9 Å². The van der Waals surface area contributed by atoms with Crippen LogP contribution in [0, 0.1) is 5.92 Å². The van der Waals surface area contributed by atoms with Crippen molar-refractivity contribution in [3.8, 4) is 5.95 Å². The fourth-order valence-electron chi connectivity index (χ4n) is 2.88. The quantitative estimate of drug-likeness (QED) is 0.802. The molecule has 4 rings (SSSR count). The Kier molecular flexibility index (Phi) is 3.90. The molecule has 1 aliphatic heterocycles. The zero-order chi connectivity index (χ0) is 15.5. The summed E-state index contributed by atoms with van der Waals surface area (Å²) < 4.78 is 7.25. The van der Waals surface area contributed by atoms with Crippen LogP contribution in [-0.4, -0.2) is 39.3 Å². The third-order valence-corrected chi connectivity index (χ3v) is 4.23. The Hall–Kier alpha value is -2.47. The van der Waals surface area contributed by atoms with Gasteiger partial charge >= 0.3 is 0 Å². The van der Waals surface area contributed by atoms with E-state index in [9.17, 15) is 0 Å². The van der Waals surface area contributed by atoms with Crippen molar-refractivity contribution >= 4 is 16.7 Å². The lowest BCUT2D eigenvalue weighted by Gasteiger charge is -2.22. The minimum Gasteiger partial charge on any atom is -0.381 e. The highest BCUT2D eigenvalue weighted by Gasteiger charge is 2.15. The molecular formula is C17H19N5O. The second kappa shape index (κ2) is 6.34. The van der Waals surface area contributed by atoms with E-state index in [-0.39, 0.29) is 0 Å². The predicted molar refractivity (Wildman–Crippen MR) is 88.7 cm³/mol. The van der Waals surface area contributed by atoms with Crippen molar-refractivity contribution in [3.63, 3.8) is 0 Å². The lowest BCUT2D eigenvalue weighted by Crippen LogP contribution is -2.23. The zero-order valence-corrected chi connectivity index (χ0v) is 12.9. The number of imidazole rings is 1. The van der Waals surface area contributed by atoms with Crippen LogP contribution in [0.25, 0.3) is 16.9 Å². The number of anilines is 1. The summed E-state index contributed by atoms with van der Waals surface area (Å²) in [4.78, 5) is 13.4. The van der Waals surface area contributed by atoms with Gasteiger partial charge in [0.2, 0.25) is 5.95 Å². The summed E-state index contributed by atoms with van der Waals surface area (Å²) in [6.07, 6.45) is 7.50. The average molecular weight is 309 g/mol. The molecule has 0 radical (unpaired) electrons. The Bertz CT molecular complexity index is 781. The number of aromatic nitrogens is 4. The van der Waals surface area contributed by atoms with Crippen molar-refractivity contribution in [2.75, 3.05) is 25.1 Å². The predicted octanol–water partition coefficient (Wildman–Crippen LogP) is 2.65. The van der Waals surface area contributed by atoms with Gasteiger partial charge < -0.3 is 10.1 Å². The van der Waals surface area contributed by atoms with Crippen molar-refractivity contribution in [2.45, 2.75) is 12.8 Å². The van der Waals surface area contributed by atoms with Gasteiger partial charge in [-0.2, -0.15) is 4.98 Å². The molecule has 1 fully saturated rings. The first kappa shape index (κ1) is 14.1. The smallest absolute Gasteiger partial charge is 0.237 e. The molecule has 1 N–H and O–H groups in total. The van der Waals surface area contributed by atoms with E-state index in [4.69, 9.17) is 9.72 Å². The summed E-state index contributed by atoms with van der Waals surface area (Å²) >= 11 is 0. The molecule has 0 bridgehead atoms. The summed E-state index contributed by atoms with van der Waals surface area (Å²) in [6, 6.07) is 8.08. The monoisotopic (exact) mass is 309 g/mol. The summed E-state index contributed by atoms with van der Waals surface area (Å²) in [5.41, 5.74) is 0.931. The Morgan fingerprint density at radius 1 is 1.17 bits per heavy atom. The molecule has 0 saturated carbocycles. The molecule has 6 heteroatoms.